The summed E-state index contributed by atoms with van der Waals surface area (Å²) in [5.74, 6) is 2.43. The Hall–Kier alpha value is -1.79. The van der Waals surface area contributed by atoms with Gasteiger partial charge in [0.15, 0.2) is 17.3 Å². The number of halogens is 1. The average molecular weight is 350 g/mol. The number of aliphatic imine (C=N–C) groups is 1. The molecule has 0 spiro atoms. The molecule has 0 saturated heterocycles. The lowest BCUT2D eigenvalue weighted by Gasteiger charge is -2.28. The van der Waals surface area contributed by atoms with Gasteiger partial charge in [0.2, 0.25) is 0 Å². The molecule has 2 heterocycles. The van der Waals surface area contributed by atoms with Crippen molar-refractivity contribution in [1.82, 2.24) is 10.0 Å². The van der Waals surface area contributed by atoms with Gasteiger partial charge in [-0.25, -0.2) is 10.0 Å². The zero-order valence-corrected chi connectivity index (χ0v) is 13.5. The van der Waals surface area contributed by atoms with E-state index in [1.165, 1.54) is 0 Å². The molecule has 0 aromatic heterocycles. The summed E-state index contributed by atoms with van der Waals surface area (Å²) in [6, 6.07) is 5.98. The Labute approximate surface area is 132 Å². The van der Waals surface area contributed by atoms with Crippen LogP contribution in [0.15, 0.2) is 45.8 Å². The highest BCUT2D eigenvalue weighted by Crippen LogP contribution is 2.33. The molecule has 110 valence electrons. The molecule has 0 aliphatic carbocycles. The van der Waals surface area contributed by atoms with Gasteiger partial charge in [-0.2, -0.15) is 0 Å². The van der Waals surface area contributed by atoms with Gasteiger partial charge in [0, 0.05) is 19.0 Å². The average Bonchev–Trinajstić information content (AvgIpc) is 2.84. The summed E-state index contributed by atoms with van der Waals surface area (Å²) in [6.07, 6.45) is 5.74. The van der Waals surface area contributed by atoms with Crippen molar-refractivity contribution in [3.05, 3.63) is 46.3 Å². The molecule has 2 aliphatic rings. The summed E-state index contributed by atoms with van der Waals surface area (Å²) in [5.41, 5.74) is 1.15. The zero-order valence-electron chi connectivity index (χ0n) is 11.9. The molecule has 0 fully saturated rings. The highest BCUT2D eigenvalue weighted by molar-refractivity contribution is 9.11. The number of ether oxygens (including phenoxy) is 2. The first kappa shape index (κ1) is 14.2. The van der Waals surface area contributed by atoms with E-state index in [2.05, 4.69) is 30.9 Å². The van der Waals surface area contributed by atoms with E-state index in [9.17, 15) is 0 Å². The summed E-state index contributed by atoms with van der Waals surface area (Å²) in [5, 5.41) is 4.26. The van der Waals surface area contributed by atoms with E-state index in [1.54, 1.807) is 20.4 Å². The van der Waals surface area contributed by atoms with Crippen LogP contribution in [0, 0.1) is 0 Å². The molecule has 0 N–H and O–H groups in total. The third-order valence-electron chi connectivity index (χ3n) is 3.41. The lowest BCUT2D eigenvalue weighted by molar-refractivity contribution is 0.0798. The van der Waals surface area contributed by atoms with Crippen LogP contribution in [0.5, 0.6) is 11.5 Å². The van der Waals surface area contributed by atoms with E-state index in [1.807, 2.05) is 30.5 Å². The molecule has 6 heteroatoms. The fraction of sp³-hybridized carbons (Fsp3) is 0.267. The standard InChI is InChI=1S/C15H16BrN3O2/c1-20-13-5-4-11(8-14(13)21-2)9-18-10-12(16)15-17-6-3-7-19(15)18/h3-8H,9-10H2,1-2H3. The van der Waals surface area contributed by atoms with Gasteiger partial charge in [0.25, 0.3) is 0 Å². The first-order chi connectivity index (χ1) is 10.2. The van der Waals surface area contributed by atoms with Crippen LogP contribution in [0.1, 0.15) is 5.56 Å². The fourth-order valence-electron chi connectivity index (χ4n) is 2.41. The van der Waals surface area contributed by atoms with Crippen molar-refractivity contribution in [2.45, 2.75) is 6.54 Å². The maximum absolute atomic E-state index is 5.35. The number of hydrazine groups is 1. The molecule has 1 aromatic carbocycles. The number of methoxy groups -OCH3 is 2. The Morgan fingerprint density at radius 2 is 2.05 bits per heavy atom. The maximum Gasteiger partial charge on any atom is 0.161 e. The monoisotopic (exact) mass is 349 g/mol. The third kappa shape index (κ3) is 2.69. The van der Waals surface area contributed by atoms with Crippen LogP contribution in [0.4, 0.5) is 0 Å². The zero-order chi connectivity index (χ0) is 14.8. The highest BCUT2D eigenvalue weighted by Gasteiger charge is 2.28. The van der Waals surface area contributed by atoms with Crippen molar-refractivity contribution in [2.75, 3.05) is 20.8 Å². The van der Waals surface area contributed by atoms with Crippen molar-refractivity contribution >= 4 is 22.1 Å². The second-order valence-corrected chi connectivity index (χ2v) is 5.66. The minimum absolute atomic E-state index is 0.741. The van der Waals surface area contributed by atoms with E-state index in [0.29, 0.717) is 0 Å². The molecule has 1 aromatic rings. The first-order valence-electron chi connectivity index (χ1n) is 6.57. The normalized spacial score (nSPS) is 17.4. The summed E-state index contributed by atoms with van der Waals surface area (Å²) in [7, 11) is 3.29. The topological polar surface area (TPSA) is 37.3 Å². The second-order valence-electron chi connectivity index (χ2n) is 4.70. The van der Waals surface area contributed by atoms with Gasteiger partial charge in [-0.1, -0.05) is 22.0 Å². The van der Waals surface area contributed by atoms with E-state index in [4.69, 9.17) is 9.47 Å². The highest BCUT2D eigenvalue weighted by atomic mass is 79.9. The van der Waals surface area contributed by atoms with Crippen LogP contribution < -0.4 is 9.47 Å². The Bertz CT molecular complexity index is 640. The van der Waals surface area contributed by atoms with Gasteiger partial charge in [-0.05, 0) is 23.8 Å². The molecule has 0 amide bonds. The molecule has 0 bridgehead atoms. The van der Waals surface area contributed by atoms with Crippen LogP contribution in [-0.2, 0) is 6.54 Å². The van der Waals surface area contributed by atoms with Crippen molar-refractivity contribution in [3.63, 3.8) is 0 Å². The van der Waals surface area contributed by atoms with Crippen molar-refractivity contribution in [2.24, 2.45) is 4.99 Å². The Balaban J connectivity index is 1.79. The van der Waals surface area contributed by atoms with E-state index in [0.717, 1.165) is 40.5 Å². The number of allylic oxidation sites excluding steroid dienone is 1. The molecular weight excluding hydrogens is 334 g/mol. The summed E-state index contributed by atoms with van der Waals surface area (Å²) < 4.78 is 11.7. The van der Waals surface area contributed by atoms with E-state index < -0.39 is 0 Å². The molecule has 21 heavy (non-hydrogen) atoms. The number of rotatable bonds is 4. The summed E-state index contributed by atoms with van der Waals surface area (Å²) in [4.78, 5) is 4.39. The van der Waals surface area contributed by atoms with Gasteiger partial charge in [-0.3, -0.25) is 5.01 Å². The summed E-state index contributed by atoms with van der Waals surface area (Å²) in [6.45, 7) is 1.56. The minimum atomic E-state index is 0.741. The predicted octanol–water partition coefficient (Wildman–Crippen LogP) is 2.90. The summed E-state index contributed by atoms with van der Waals surface area (Å²) >= 11 is 3.59. The van der Waals surface area contributed by atoms with Crippen LogP contribution >= 0.6 is 15.9 Å². The number of hydrogen-bond donors (Lipinski definition) is 0. The van der Waals surface area contributed by atoms with E-state index >= 15 is 0 Å². The largest absolute Gasteiger partial charge is 0.493 e. The quantitative estimate of drug-likeness (QED) is 0.837. The Kier molecular flexibility index (Phi) is 3.98. The third-order valence-corrected chi connectivity index (χ3v) is 4.01. The fourth-order valence-corrected chi connectivity index (χ4v) is 2.99. The second kappa shape index (κ2) is 5.91. The number of nitrogens with zero attached hydrogens (tertiary/aromatic N) is 3. The van der Waals surface area contributed by atoms with Crippen molar-refractivity contribution in [1.29, 1.82) is 0 Å². The van der Waals surface area contributed by atoms with Crippen LogP contribution in [0.3, 0.4) is 0 Å². The number of hydrogen-bond acceptors (Lipinski definition) is 5. The van der Waals surface area contributed by atoms with Gasteiger partial charge < -0.3 is 9.47 Å². The van der Waals surface area contributed by atoms with Crippen LogP contribution in [0.25, 0.3) is 0 Å². The van der Waals surface area contributed by atoms with Crippen LogP contribution in [-0.4, -0.2) is 37.0 Å². The molecule has 0 unspecified atom stereocenters. The Morgan fingerprint density at radius 3 is 2.81 bits per heavy atom. The van der Waals surface area contributed by atoms with Crippen LogP contribution in [0.2, 0.25) is 0 Å². The van der Waals surface area contributed by atoms with Crippen molar-refractivity contribution in [3.8, 4) is 11.5 Å². The smallest absolute Gasteiger partial charge is 0.161 e. The van der Waals surface area contributed by atoms with Gasteiger partial charge in [0.1, 0.15) is 0 Å². The molecule has 0 atom stereocenters. The van der Waals surface area contributed by atoms with E-state index in [-0.39, 0.29) is 0 Å². The van der Waals surface area contributed by atoms with Gasteiger partial charge in [0.05, 0.1) is 25.2 Å². The first-order valence-corrected chi connectivity index (χ1v) is 7.36. The molecule has 5 nitrogen and oxygen atoms in total. The number of fused-ring (bicyclic) bond motifs is 1. The molecule has 3 rings (SSSR count). The molecule has 0 saturated carbocycles. The molecule has 0 radical (unpaired) electrons. The van der Waals surface area contributed by atoms with Gasteiger partial charge in [-0.15, -0.1) is 0 Å². The molecular formula is C15H16BrN3O2. The predicted molar refractivity (Wildman–Crippen MR) is 85.4 cm³/mol. The SMILES string of the molecule is COc1ccc(CN2CC(Br)=C3N=CC=CN32)cc1OC. The van der Waals surface area contributed by atoms with Crippen molar-refractivity contribution < 1.29 is 9.47 Å². The lowest BCUT2D eigenvalue weighted by atomic mass is 10.2. The van der Waals surface area contributed by atoms with Gasteiger partial charge >= 0.3 is 0 Å². The Morgan fingerprint density at radius 1 is 1.24 bits per heavy atom. The number of benzene rings is 1. The minimum Gasteiger partial charge on any atom is -0.493 e. The lowest BCUT2D eigenvalue weighted by Crippen LogP contribution is -2.33. The maximum atomic E-state index is 5.35. The molecule has 2 aliphatic heterocycles.